The van der Waals surface area contributed by atoms with Gasteiger partial charge >= 0.3 is 6.09 Å². The van der Waals surface area contributed by atoms with Crippen LogP contribution >= 0.6 is 11.6 Å². The first-order chi connectivity index (χ1) is 11.4. The zero-order valence-electron chi connectivity index (χ0n) is 14.6. The van der Waals surface area contributed by atoms with Gasteiger partial charge in [0.15, 0.2) is 5.75 Å². The SMILES string of the molecule is CC(C)OC(=O)N1CCC(CCC(C)Oc2cnc(Cl)nc2)CC1. The quantitative estimate of drug-likeness (QED) is 0.723. The van der Waals surface area contributed by atoms with E-state index in [9.17, 15) is 4.79 Å². The summed E-state index contributed by atoms with van der Waals surface area (Å²) in [6.45, 7) is 7.34. The summed E-state index contributed by atoms with van der Waals surface area (Å²) in [5, 5.41) is 0.220. The average molecular weight is 356 g/mol. The van der Waals surface area contributed by atoms with Gasteiger partial charge in [0, 0.05) is 13.1 Å². The molecule has 7 heteroatoms. The van der Waals surface area contributed by atoms with Gasteiger partial charge in [-0.25, -0.2) is 14.8 Å². The number of ether oxygens (including phenoxy) is 2. The van der Waals surface area contributed by atoms with Crippen molar-refractivity contribution >= 4 is 17.7 Å². The number of likely N-dealkylation sites (tertiary alicyclic amines) is 1. The molecule has 1 atom stereocenters. The maximum absolute atomic E-state index is 11.9. The van der Waals surface area contributed by atoms with Crippen molar-refractivity contribution in [2.24, 2.45) is 5.92 Å². The van der Waals surface area contributed by atoms with E-state index in [0.717, 1.165) is 38.8 Å². The first-order valence-corrected chi connectivity index (χ1v) is 8.91. The molecular formula is C17H26ClN3O3. The second-order valence-corrected chi connectivity index (χ2v) is 6.89. The van der Waals surface area contributed by atoms with E-state index in [0.29, 0.717) is 11.7 Å². The fourth-order valence-corrected chi connectivity index (χ4v) is 2.90. The van der Waals surface area contributed by atoms with Crippen molar-refractivity contribution in [1.29, 1.82) is 0 Å². The van der Waals surface area contributed by atoms with Gasteiger partial charge in [0.05, 0.1) is 24.6 Å². The fourth-order valence-electron chi connectivity index (χ4n) is 2.80. The molecule has 0 bridgehead atoms. The van der Waals surface area contributed by atoms with E-state index >= 15 is 0 Å². The second kappa shape index (κ2) is 9.06. The topological polar surface area (TPSA) is 64.5 Å². The molecule has 0 N–H and O–H groups in total. The third kappa shape index (κ3) is 6.15. The van der Waals surface area contributed by atoms with Crippen molar-refractivity contribution in [1.82, 2.24) is 14.9 Å². The Bertz CT molecular complexity index is 516. The lowest BCUT2D eigenvalue weighted by molar-refractivity contribution is 0.0636. The number of carbonyl (C=O) groups is 1. The molecule has 1 aromatic rings. The molecule has 1 aromatic heterocycles. The predicted molar refractivity (Wildman–Crippen MR) is 92.3 cm³/mol. The summed E-state index contributed by atoms with van der Waals surface area (Å²) < 4.78 is 11.0. The Balaban J connectivity index is 1.66. The van der Waals surface area contributed by atoms with Crippen LogP contribution in [-0.4, -0.2) is 46.3 Å². The van der Waals surface area contributed by atoms with Crippen molar-refractivity contribution in [3.63, 3.8) is 0 Å². The van der Waals surface area contributed by atoms with Crippen LogP contribution in [-0.2, 0) is 4.74 Å². The van der Waals surface area contributed by atoms with Gasteiger partial charge in [-0.3, -0.25) is 0 Å². The molecule has 2 rings (SSSR count). The summed E-state index contributed by atoms with van der Waals surface area (Å²) in [6, 6.07) is 0. The molecule has 1 fully saturated rings. The average Bonchev–Trinajstić information content (AvgIpc) is 2.55. The highest BCUT2D eigenvalue weighted by molar-refractivity contribution is 6.28. The minimum atomic E-state index is -0.192. The van der Waals surface area contributed by atoms with Gasteiger partial charge in [0.25, 0.3) is 0 Å². The van der Waals surface area contributed by atoms with Crippen LogP contribution in [0.15, 0.2) is 12.4 Å². The summed E-state index contributed by atoms with van der Waals surface area (Å²) in [6.07, 6.45) is 7.10. The summed E-state index contributed by atoms with van der Waals surface area (Å²) in [7, 11) is 0. The number of amides is 1. The number of hydrogen-bond acceptors (Lipinski definition) is 5. The number of aromatic nitrogens is 2. The molecule has 1 unspecified atom stereocenters. The highest BCUT2D eigenvalue weighted by Gasteiger charge is 2.24. The lowest BCUT2D eigenvalue weighted by Gasteiger charge is -2.32. The molecule has 1 amide bonds. The van der Waals surface area contributed by atoms with Gasteiger partial charge in [-0.15, -0.1) is 0 Å². The molecule has 0 spiro atoms. The molecule has 0 radical (unpaired) electrons. The second-order valence-electron chi connectivity index (χ2n) is 6.56. The minimum Gasteiger partial charge on any atom is -0.487 e. The molecule has 134 valence electrons. The Morgan fingerprint density at radius 1 is 1.29 bits per heavy atom. The van der Waals surface area contributed by atoms with Crippen LogP contribution in [0, 0.1) is 5.92 Å². The molecule has 1 saturated heterocycles. The van der Waals surface area contributed by atoms with E-state index < -0.39 is 0 Å². The van der Waals surface area contributed by atoms with Crippen molar-refractivity contribution in [3.8, 4) is 5.75 Å². The van der Waals surface area contributed by atoms with Gasteiger partial charge < -0.3 is 14.4 Å². The molecule has 6 nitrogen and oxygen atoms in total. The van der Waals surface area contributed by atoms with Crippen LogP contribution in [0.1, 0.15) is 46.5 Å². The van der Waals surface area contributed by atoms with Crippen molar-refractivity contribution in [2.75, 3.05) is 13.1 Å². The zero-order chi connectivity index (χ0) is 17.5. The Hall–Kier alpha value is -1.56. The van der Waals surface area contributed by atoms with Crippen molar-refractivity contribution in [2.45, 2.75) is 58.7 Å². The monoisotopic (exact) mass is 355 g/mol. The zero-order valence-corrected chi connectivity index (χ0v) is 15.3. The summed E-state index contributed by atoms with van der Waals surface area (Å²) in [4.78, 5) is 21.5. The Morgan fingerprint density at radius 3 is 2.50 bits per heavy atom. The molecule has 0 saturated carbocycles. The number of rotatable bonds is 6. The van der Waals surface area contributed by atoms with Crippen LogP contribution < -0.4 is 4.74 Å². The maximum atomic E-state index is 11.9. The van der Waals surface area contributed by atoms with Crippen LogP contribution in [0.2, 0.25) is 5.28 Å². The third-order valence-corrected chi connectivity index (χ3v) is 4.32. The molecule has 1 aliphatic rings. The van der Waals surface area contributed by atoms with E-state index in [1.54, 1.807) is 12.4 Å². The van der Waals surface area contributed by atoms with E-state index in [1.807, 2.05) is 25.7 Å². The molecule has 0 aliphatic carbocycles. The van der Waals surface area contributed by atoms with Gasteiger partial charge in [0.1, 0.15) is 0 Å². The highest BCUT2D eigenvalue weighted by Crippen LogP contribution is 2.24. The normalized spacial score (nSPS) is 17.0. The Labute approximate surface area is 148 Å². The molecule has 0 aromatic carbocycles. The molecule has 1 aliphatic heterocycles. The minimum absolute atomic E-state index is 0.0648. The lowest BCUT2D eigenvalue weighted by atomic mass is 9.91. The van der Waals surface area contributed by atoms with E-state index in [-0.39, 0.29) is 23.6 Å². The predicted octanol–water partition coefficient (Wildman–Crippen LogP) is 3.93. The van der Waals surface area contributed by atoms with Gasteiger partial charge in [-0.1, -0.05) is 0 Å². The summed E-state index contributed by atoms with van der Waals surface area (Å²) in [5.74, 6) is 1.26. The van der Waals surface area contributed by atoms with E-state index in [2.05, 4.69) is 9.97 Å². The van der Waals surface area contributed by atoms with Crippen LogP contribution in [0.5, 0.6) is 5.75 Å². The largest absolute Gasteiger partial charge is 0.487 e. The third-order valence-electron chi connectivity index (χ3n) is 4.12. The van der Waals surface area contributed by atoms with Gasteiger partial charge in [-0.2, -0.15) is 0 Å². The Kier molecular flexibility index (Phi) is 7.09. The molecule has 2 heterocycles. The van der Waals surface area contributed by atoms with E-state index in [4.69, 9.17) is 21.1 Å². The van der Waals surface area contributed by atoms with Crippen molar-refractivity contribution in [3.05, 3.63) is 17.7 Å². The van der Waals surface area contributed by atoms with Gasteiger partial charge in [0.2, 0.25) is 5.28 Å². The van der Waals surface area contributed by atoms with Crippen LogP contribution in [0.3, 0.4) is 0 Å². The van der Waals surface area contributed by atoms with Gasteiger partial charge in [-0.05, 0) is 64.0 Å². The van der Waals surface area contributed by atoms with Crippen LogP contribution in [0.25, 0.3) is 0 Å². The number of carbonyl (C=O) groups excluding carboxylic acids is 1. The standard InChI is InChI=1S/C17H26ClN3O3/c1-12(2)23-17(22)21-8-6-14(7-9-21)5-4-13(3)24-15-10-19-16(18)20-11-15/h10-14H,4-9H2,1-3H3. The number of halogens is 1. The summed E-state index contributed by atoms with van der Waals surface area (Å²) >= 11 is 5.66. The smallest absolute Gasteiger partial charge is 0.410 e. The Morgan fingerprint density at radius 2 is 1.92 bits per heavy atom. The lowest BCUT2D eigenvalue weighted by Crippen LogP contribution is -2.39. The molecular weight excluding hydrogens is 330 g/mol. The number of nitrogens with zero attached hydrogens (tertiary/aromatic N) is 3. The van der Waals surface area contributed by atoms with Crippen molar-refractivity contribution < 1.29 is 14.3 Å². The number of piperidine rings is 1. The first kappa shape index (κ1) is 18.8. The van der Waals surface area contributed by atoms with E-state index in [1.165, 1.54) is 0 Å². The number of hydrogen-bond donors (Lipinski definition) is 0. The fraction of sp³-hybridized carbons (Fsp3) is 0.706. The first-order valence-electron chi connectivity index (χ1n) is 8.53. The molecule has 24 heavy (non-hydrogen) atoms. The summed E-state index contributed by atoms with van der Waals surface area (Å²) in [5.41, 5.74) is 0. The van der Waals surface area contributed by atoms with Crippen LogP contribution in [0.4, 0.5) is 4.79 Å². The maximum Gasteiger partial charge on any atom is 0.410 e. The highest BCUT2D eigenvalue weighted by atomic mass is 35.5.